The molecule has 3 heteroatoms. The zero-order valence-corrected chi connectivity index (χ0v) is 17.7. The lowest BCUT2D eigenvalue weighted by molar-refractivity contribution is -0.483. The fourth-order valence-electron chi connectivity index (χ4n) is 5.34. The predicted octanol–water partition coefficient (Wildman–Crippen LogP) is 6.76. The first-order valence-corrected chi connectivity index (χ1v) is 11.5. The van der Waals surface area contributed by atoms with Gasteiger partial charge in [0.25, 0.3) is 0 Å². The molecule has 5 rings (SSSR count). The van der Waals surface area contributed by atoms with Crippen molar-refractivity contribution in [3.63, 3.8) is 0 Å². The van der Waals surface area contributed by atoms with E-state index in [1.54, 1.807) is 0 Å². The third kappa shape index (κ3) is 4.12. The topological polar surface area (TPSA) is 27.7 Å². The summed E-state index contributed by atoms with van der Waals surface area (Å²) in [5.74, 6) is 0.722. The standard InChI is InChI=1S/C27H32O3/c1-20(21-11-13-24(14-12-21)22-9-5-6-10-22)26-19-28-27(30-29-26)17-15-25(16-18-27)23-7-3-2-4-8-23/h2-4,7-8,11-14,22,25-26H,1,5-6,9-10,15-19H2. The van der Waals surface area contributed by atoms with Gasteiger partial charge in [-0.15, -0.1) is 0 Å². The van der Waals surface area contributed by atoms with Crippen LogP contribution in [-0.4, -0.2) is 18.5 Å². The summed E-state index contributed by atoms with van der Waals surface area (Å²) in [6.07, 6.45) is 8.95. The van der Waals surface area contributed by atoms with E-state index in [0.29, 0.717) is 12.5 Å². The summed E-state index contributed by atoms with van der Waals surface area (Å²) in [6, 6.07) is 19.6. The van der Waals surface area contributed by atoms with Gasteiger partial charge in [-0.3, -0.25) is 0 Å². The van der Waals surface area contributed by atoms with Crippen molar-refractivity contribution in [1.29, 1.82) is 0 Å². The Morgan fingerprint density at radius 1 is 0.800 bits per heavy atom. The van der Waals surface area contributed by atoms with E-state index in [2.05, 4.69) is 61.2 Å². The third-order valence-corrected chi connectivity index (χ3v) is 7.33. The maximum atomic E-state index is 6.24. The summed E-state index contributed by atoms with van der Waals surface area (Å²) in [5.41, 5.74) is 4.91. The summed E-state index contributed by atoms with van der Waals surface area (Å²) in [5, 5.41) is 0. The molecule has 0 radical (unpaired) electrons. The van der Waals surface area contributed by atoms with E-state index in [-0.39, 0.29) is 6.10 Å². The summed E-state index contributed by atoms with van der Waals surface area (Å²) in [4.78, 5) is 11.7. The molecule has 1 aliphatic heterocycles. The van der Waals surface area contributed by atoms with Gasteiger partial charge >= 0.3 is 0 Å². The summed E-state index contributed by atoms with van der Waals surface area (Å²) in [6.45, 7) is 4.78. The highest BCUT2D eigenvalue weighted by Crippen LogP contribution is 2.43. The van der Waals surface area contributed by atoms with Crippen LogP contribution in [0.4, 0.5) is 0 Å². The molecule has 0 amide bonds. The molecule has 3 fully saturated rings. The lowest BCUT2D eigenvalue weighted by Gasteiger charge is -2.43. The molecule has 1 saturated heterocycles. The molecule has 30 heavy (non-hydrogen) atoms. The van der Waals surface area contributed by atoms with Gasteiger partial charge in [0, 0.05) is 12.8 Å². The fraction of sp³-hybridized carbons (Fsp3) is 0.481. The maximum absolute atomic E-state index is 6.24. The number of ether oxygens (including phenoxy) is 1. The SMILES string of the molecule is C=C(c1ccc(C2CCCC2)cc1)C1COC2(CCC(c3ccccc3)CC2)OO1. The van der Waals surface area contributed by atoms with Gasteiger partial charge < -0.3 is 4.74 Å². The molecule has 2 aliphatic carbocycles. The molecule has 2 aromatic carbocycles. The lowest BCUT2D eigenvalue weighted by atomic mass is 9.81. The molecule has 3 aliphatic rings. The van der Waals surface area contributed by atoms with Gasteiger partial charge in [0.15, 0.2) is 0 Å². The Hall–Kier alpha value is -1.94. The van der Waals surface area contributed by atoms with E-state index < -0.39 is 5.79 Å². The van der Waals surface area contributed by atoms with Crippen LogP contribution in [-0.2, 0) is 14.5 Å². The summed E-state index contributed by atoms with van der Waals surface area (Å²) < 4.78 is 6.24. The van der Waals surface area contributed by atoms with Gasteiger partial charge in [-0.2, -0.15) is 0 Å². The minimum atomic E-state index is -0.589. The molecule has 3 nitrogen and oxygen atoms in total. The zero-order chi connectivity index (χ0) is 20.4. The number of hydrogen-bond acceptors (Lipinski definition) is 3. The molecule has 0 N–H and O–H groups in total. The highest BCUT2D eigenvalue weighted by atomic mass is 17.2. The van der Waals surface area contributed by atoms with Crippen LogP contribution in [0.2, 0.25) is 0 Å². The third-order valence-electron chi connectivity index (χ3n) is 7.33. The van der Waals surface area contributed by atoms with Crippen molar-refractivity contribution >= 4 is 5.57 Å². The lowest BCUT2D eigenvalue weighted by Crippen LogP contribution is -2.47. The highest BCUT2D eigenvalue weighted by molar-refractivity contribution is 5.67. The van der Waals surface area contributed by atoms with Crippen LogP contribution in [0, 0.1) is 0 Å². The molecule has 0 aromatic heterocycles. The second-order valence-corrected chi connectivity index (χ2v) is 9.20. The quantitative estimate of drug-likeness (QED) is 0.527. The Morgan fingerprint density at radius 3 is 2.07 bits per heavy atom. The Bertz CT molecular complexity index is 833. The van der Waals surface area contributed by atoms with E-state index >= 15 is 0 Å². The van der Waals surface area contributed by atoms with Crippen LogP contribution in [0.5, 0.6) is 0 Å². The second kappa shape index (κ2) is 8.66. The van der Waals surface area contributed by atoms with Crippen LogP contribution < -0.4 is 0 Å². The van der Waals surface area contributed by atoms with Crippen molar-refractivity contribution in [2.45, 2.75) is 75.1 Å². The summed E-state index contributed by atoms with van der Waals surface area (Å²) in [7, 11) is 0. The van der Waals surface area contributed by atoms with Crippen molar-refractivity contribution in [2.24, 2.45) is 0 Å². The molecule has 1 heterocycles. The second-order valence-electron chi connectivity index (χ2n) is 9.20. The zero-order valence-electron chi connectivity index (χ0n) is 17.7. The van der Waals surface area contributed by atoms with Gasteiger partial charge in [-0.05, 0) is 59.8 Å². The van der Waals surface area contributed by atoms with E-state index in [0.717, 1.165) is 42.7 Å². The molecular formula is C27H32O3. The molecule has 1 spiro atoms. The average molecular weight is 405 g/mol. The smallest absolute Gasteiger partial charge is 0.201 e. The van der Waals surface area contributed by atoms with Crippen molar-refractivity contribution in [3.8, 4) is 0 Å². The number of rotatable bonds is 4. The van der Waals surface area contributed by atoms with Gasteiger partial charge in [-0.1, -0.05) is 74.0 Å². The number of hydrogen-bond donors (Lipinski definition) is 0. The van der Waals surface area contributed by atoms with E-state index in [9.17, 15) is 0 Å². The first kappa shape index (κ1) is 20.0. The summed E-state index contributed by atoms with van der Waals surface area (Å²) >= 11 is 0. The minimum Gasteiger partial charge on any atom is -0.344 e. The van der Waals surface area contributed by atoms with Gasteiger partial charge in [0.2, 0.25) is 5.79 Å². The predicted molar refractivity (Wildman–Crippen MR) is 119 cm³/mol. The van der Waals surface area contributed by atoms with Crippen molar-refractivity contribution in [1.82, 2.24) is 0 Å². The monoisotopic (exact) mass is 404 g/mol. The normalized spacial score (nSPS) is 29.9. The molecule has 1 unspecified atom stereocenters. The van der Waals surface area contributed by atoms with E-state index in [4.69, 9.17) is 14.5 Å². The molecular weight excluding hydrogens is 372 g/mol. The first-order valence-electron chi connectivity index (χ1n) is 11.5. The minimum absolute atomic E-state index is 0.250. The Balaban J connectivity index is 1.15. The fourth-order valence-corrected chi connectivity index (χ4v) is 5.34. The largest absolute Gasteiger partial charge is 0.344 e. The highest BCUT2D eigenvalue weighted by Gasteiger charge is 2.43. The van der Waals surface area contributed by atoms with Crippen molar-refractivity contribution < 1.29 is 14.5 Å². The van der Waals surface area contributed by atoms with Gasteiger partial charge in [-0.25, -0.2) is 9.78 Å². The Kier molecular flexibility index (Phi) is 5.77. The molecule has 158 valence electrons. The van der Waals surface area contributed by atoms with Crippen molar-refractivity contribution in [2.75, 3.05) is 6.61 Å². The average Bonchev–Trinajstić information content (AvgIpc) is 3.36. The molecule has 1 atom stereocenters. The molecule has 0 bridgehead atoms. The van der Waals surface area contributed by atoms with Crippen LogP contribution >= 0.6 is 0 Å². The van der Waals surface area contributed by atoms with Crippen LogP contribution in [0.1, 0.15) is 79.9 Å². The molecule has 2 saturated carbocycles. The molecule has 2 aromatic rings. The van der Waals surface area contributed by atoms with E-state index in [1.807, 2.05) is 0 Å². The Morgan fingerprint density at radius 2 is 1.43 bits per heavy atom. The first-order chi connectivity index (χ1) is 14.7. The van der Waals surface area contributed by atoms with E-state index in [1.165, 1.54) is 36.8 Å². The van der Waals surface area contributed by atoms with Gasteiger partial charge in [0.05, 0.1) is 6.61 Å². The maximum Gasteiger partial charge on any atom is 0.201 e. The van der Waals surface area contributed by atoms with Crippen LogP contribution in [0.25, 0.3) is 5.57 Å². The van der Waals surface area contributed by atoms with Crippen molar-refractivity contribution in [3.05, 3.63) is 77.9 Å². The van der Waals surface area contributed by atoms with Crippen LogP contribution in [0.3, 0.4) is 0 Å². The van der Waals surface area contributed by atoms with Crippen LogP contribution in [0.15, 0.2) is 61.2 Å². The number of benzene rings is 2. The Labute approximate surface area is 180 Å². The van der Waals surface area contributed by atoms with Gasteiger partial charge in [0.1, 0.15) is 6.10 Å².